The van der Waals surface area contributed by atoms with Gasteiger partial charge >= 0.3 is 6.09 Å². The largest absolute Gasteiger partial charge is 0.444 e. The summed E-state index contributed by atoms with van der Waals surface area (Å²) in [4.78, 5) is 23.4. The standard InChI is InChI=1S/C15H31N3O4/c1-5-11(19)9-7-6-8-10-12(13(20)18-16)17-14(21)22-15(2,3)4/h11-12,19H,5-10,16H2,1-4H3,(H,17,21)(H,18,20). The van der Waals surface area contributed by atoms with Gasteiger partial charge in [-0.05, 0) is 40.0 Å². The predicted octanol–water partition coefficient (Wildman–Crippen LogP) is 1.59. The van der Waals surface area contributed by atoms with Crippen LogP contribution in [-0.4, -0.2) is 34.9 Å². The highest BCUT2D eigenvalue weighted by molar-refractivity contribution is 5.85. The van der Waals surface area contributed by atoms with E-state index in [9.17, 15) is 14.7 Å². The Kier molecular flexibility index (Phi) is 9.76. The van der Waals surface area contributed by atoms with Crippen LogP contribution < -0.4 is 16.6 Å². The molecule has 0 bridgehead atoms. The summed E-state index contributed by atoms with van der Waals surface area (Å²) < 4.78 is 5.13. The van der Waals surface area contributed by atoms with Crippen LogP contribution in [0.1, 0.15) is 66.2 Å². The lowest BCUT2D eigenvalue weighted by atomic mass is 10.0. The van der Waals surface area contributed by atoms with Crippen LogP contribution in [-0.2, 0) is 9.53 Å². The fraction of sp³-hybridized carbons (Fsp3) is 0.867. The summed E-state index contributed by atoms with van der Waals surface area (Å²) in [5, 5.41) is 12.0. The Hall–Kier alpha value is -1.34. The molecule has 0 fully saturated rings. The molecule has 5 N–H and O–H groups in total. The molecule has 0 aliphatic carbocycles. The number of aliphatic hydroxyl groups excluding tert-OH is 1. The monoisotopic (exact) mass is 317 g/mol. The number of hydrazine groups is 1. The number of hydrogen-bond acceptors (Lipinski definition) is 5. The summed E-state index contributed by atoms with van der Waals surface area (Å²) >= 11 is 0. The fourth-order valence-corrected chi connectivity index (χ4v) is 1.93. The molecule has 0 heterocycles. The molecular weight excluding hydrogens is 286 g/mol. The molecule has 7 heteroatoms. The number of hydrogen-bond donors (Lipinski definition) is 4. The lowest BCUT2D eigenvalue weighted by Crippen LogP contribution is -2.50. The minimum absolute atomic E-state index is 0.261. The van der Waals surface area contributed by atoms with E-state index in [1.165, 1.54) is 0 Å². The first-order chi connectivity index (χ1) is 10.2. The van der Waals surface area contributed by atoms with Crippen LogP contribution in [0.2, 0.25) is 0 Å². The summed E-state index contributed by atoms with van der Waals surface area (Å²) in [5.41, 5.74) is 1.43. The maximum absolute atomic E-state index is 11.7. The van der Waals surface area contributed by atoms with Gasteiger partial charge in [0.1, 0.15) is 11.6 Å². The molecule has 0 saturated carbocycles. The number of amides is 2. The zero-order valence-electron chi connectivity index (χ0n) is 14.1. The molecular formula is C15H31N3O4. The minimum atomic E-state index is -0.712. The normalized spacial score (nSPS) is 14.1. The maximum atomic E-state index is 11.7. The summed E-state index contributed by atoms with van der Waals surface area (Å²) in [6.07, 6.45) is 3.60. The van der Waals surface area contributed by atoms with E-state index < -0.39 is 23.6 Å². The van der Waals surface area contributed by atoms with Crippen molar-refractivity contribution in [1.29, 1.82) is 0 Å². The van der Waals surface area contributed by atoms with E-state index in [-0.39, 0.29) is 6.10 Å². The molecule has 7 nitrogen and oxygen atoms in total. The lowest BCUT2D eigenvalue weighted by Gasteiger charge is -2.23. The fourth-order valence-electron chi connectivity index (χ4n) is 1.93. The molecule has 0 radical (unpaired) electrons. The molecule has 0 rings (SSSR count). The zero-order valence-corrected chi connectivity index (χ0v) is 14.1. The number of aliphatic hydroxyl groups is 1. The number of alkyl carbamates (subject to hydrolysis) is 1. The zero-order chi connectivity index (χ0) is 17.2. The molecule has 0 saturated heterocycles. The van der Waals surface area contributed by atoms with Crippen molar-refractivity contribution in [3.8, 4) is 0 Å². The third-order valence-corrected chi connectivity index (χ3v) is 3.15. The molecule has 0 spiro atoms. The molecule has 0 aliphatic heterocycles. The van der Waals surface area contributed by atoms with Crippen molar-refractivity contribution < 1.29 is 19.4 Å². The second kappa shape index (κ2) is 10.4. The Labute approximate surface area is 132 Å². The van der Waals surface area contributed by atoms with Crippen LogP contribution >= 0.6 is 0 Å². The van der Waals surface area contributed by atoms with Crippen LogP contribution in [0.5, 0.6) is 0 Å². The first-order valence-corrected chi connectivity index (χ1v) is 7.87. The average molecular weight is 317 g/mol. The summed E-state index contributed by atoms with van der Waals surface area (Å²) in [5.74, 6) is 4.69. The van der Waals surface area contributed by atoms with Crippen molar-refractivity contribution in [3.63, 3.8) is 0 Å². The van der Waals surface area contributed by atoms with Crippen LogP contribution in [0.4, 0.5) is 4.79 Å². The topological polar surface area (TPSA) is 114 Å². The van der Waals surface area contributed by atoms with E-state index in [2.05, 4.69) is 10.7 Å². The van der Waals surface area contributed by atoms with Crippen molar-refractivity contribution in [3.05, 3.63) is 0 Å². The van der Waals surface area contributed by atoms with Gasteiger partial charge in [-0.2, -0.15) is 0 Å². The lowest BCUT2D eigenvalue weighted by molar-refractivity contribution is -0.123. The summed E-state index contributed by atoms with van der Waals surface area (Å²) in [6.45, 7) is 7.20. The van der Waals surface area contributed by atoms with Crippen molar-refractivity contribution in [2.45, 2.75) is 84.0 Å². The molecule has 2 unspecified atom stereocenters. The Morgan fingerprint density at radius 1 is 1.18 bits per heavy atom. The highest BCUT2D eigenvalue weighted by atomic mass is 16.6. The van der Waals surface area contributed by atoms with Crippen molar-refractivity contribution in [2.24, 2.45) is 5.84 Å². The highest BCUT2D eigenvalue weighted by Crippen LogP contribution is 2.11. The van der Waals surface area contributed by atoms with Crippen molar-refractivity contribution >= 4 is 12.0 Å². The van der Waals surface area contributed by atoms with Crippen LogP contribution in [0.3, 0.4) is 0 Å². The van der Waals surface area contributed by atoms with Gasteiger partial charge in [-0.25, -0.2) is 10.6 Å². The van der Waals surface area contributed by atoms with E-state index in [0.29, 0.717) is 6.42 Å². The van der Waals surface area contributed by atoms with Gasteiger partial charge in [0.15, 0.2) is 0 Å². The molecule has 2 amide bonds. The molecule has 0 aliphatic rings. The summed E-state index contributed by atoms with van der Waals surface area (Å²) in [6, 6.07) is -0.712. The molecule has 0 aromatic carbocycles. The van der Waals surface area contributed by atoms with Gasteiger partial charge in [0.05, 0.1) is 6.10 Å². The number of carbonyl (C=O) groups excluding carboxylic acids is 2. The van der Waals surface area contributed by atoms with Crippen LogP contribution in [0.25, 0.3) is 0 Å². The van der Waals surface area contributed by atoms with E-state index >= 15 is 0 Å². The number of ether oxygens (including phenoxy) is 1. The van der Waals surface area contributed by atoms with Gasteiger partial charge in [-0.1, -0.05) is 26.2 Å². The number of carbonyl (C=O) groups is 2. The molecule has 22 heavy (non-hydrogen) atoms. The predicted molar refractivity (Wildman–Crippen MR) is 84.9 cm³/mol. The smallest absolute Gasteiger partial charge is 0.408 e. The quantitative estimate of drug-likeness (QED) is 0.223. The van der Waals surface area contributed by atoms with E-state index in [4.69, 9.17) is 10.6 Å². The van der Waals surface area contributed by atoms with Gasteiger partial charge in [0.2, 0.25) is 0 Å². The first kappa shape index (κ1) is 20.7. The van der Waals surface area contributed by atoms with Gasteiger partial charge in [0, 0.05) is 0 Å². The summed E-state index contributed by atoms with van der Waals surface area (Å²) in [7, 11) is 0. The van der Waals surface area contributed by atoms with Crippen molar-refractivity contribution in [1.82, 2.24) is 10.7 Å². The van der Waals surface area contributed by atoms with Gasteiger partial charge in [-0.3, -0.25) is 10.2 Å². The van der Waals surface area contributed by atoms with Gasteiger partial charge in [-0.15, -0.1) is 0 Å². The first-order valence-electron chi connectivity index (χ1n) is 7.87. The SMILES string of the molecule is CCC(O)CCCCCC(NC(=O)OC(C)(C)C)C(=O)NN. The Morgan fingerprint density at radius 3 is 2.27 bits per heavy atom. The van der Waals surface area contributed by atoms with Gasteiger partial charge < -0.3 is 15.2 Å². The van der Waals surface area contributed by atoms with Crippen LogP contribution in [0, 0.1) is 0 Å². The number of nitrogens with one attached hydrogen (secondary N) is 2. The number of unbranched alkanes of at least 4 members (excludes halogenated alkanes) is 2. The maximum Gasteiger partial charge on any atom is 0.408 e. The van der Waals surface area contributed by atoms with Crippen molar-refractivity contribution in [2.75, 3.05) is 0 Å². The Morgan fingerprint density at radius 2 is 1.77 bits per heavy atom. The molecule has 2 atom stereocenters. The second-order valence-electron chi connectivity index (χ2n) is 6.41. The van der Waals surface area contributed by atoms with E-state index in [0.717, 1.165) is 32.1 Å². The van der Waals surface area contributed by atoms with Crippen LogP contribution in [0.15, 0.2) is 0 Å². The third-order valence-electron chi connectivity index (χ3n) is 3.15. The third kappa shape index (κ3) is 10.4. The molecule has 0 aromatic heterocycles. The average Bonchev–Trinajstić information content (AvgIpc) is 2.42. The minimum Gasteiger partial charge on any atom is -0.444 e. The number of rotatable bonds is 9. The van der Waals surface area contributed by atoms with Gasteiger partial charge in [0.25, 0.3) is 5.91 Å². The second-order valence-corrected chi connectivity index (χ2v) is 6.41. The molecule has 0 aromatic rings. The molecule has 130 valence electrons. The highest BCUT2D eigenvalue weighted by Gasteiger charge is 2.23. The Balaban J connectivity index is 4.19. The van der Waals surface area contributed by atoms with E-state index in [1.807, 2.05) is 6.92 Å². The Bertz CT molecular complexity index is 342. The van der Waals surface area contributed by atoms with E-state index in [1.54, 1.807) is 20.8 Å². The number of nitrogens with two attached hydrogens (primary N) is 1.